The molecule has 10 aromatic rings. The minimum absolute atomic E-state index is 0.488. The van der Waals surface area contributed by atoms with E-state index in [0.717, 1.165) is 60.7 Å². The quantitative estimate of drug-likeness (QED) is 0.178. The summed E-state index contributed by atoms with van der Waals surface area (Å²) in [5.74, 6) is 0. The predicted octanol–water partition coefficient (Wildman–Crippen LogP) is 13.7. The third-order valence-corrected chi connectivity index (χ3v) is 9.93. The summed E-state index contributed by atoms with van der Waals surface area (Å²) in [6.07, 6.45) is 0. The van der Waals surface area contributed by atoms with Gasteiger partial charge < -0.3 is 4.42 Å². The fourth-order valence-electron chi connectivity index (χ4n) is 7.76. The van der Waals surface area contributed by atoms with Crippen LogP contribution in [-0.2, 0) is 0 Å². The van der Waals surface area contributed by atoms with Gasteiger partial charge >= 0.3 is 0 Å². The van der Waals surface area contributed by atoms with Crippen molar-refractivity contribution in [3.05, 3.63) is 182 Å². The topological polar surface area (TPSA) is 13.1 Å². The van der Waals surface area contributed by atoms with Crippen LogP contribution in [-0.4, -0.2) is 0 Å². The van der Waals surface area contributed by atoms with Crippen LogP contribution < -0.4 is 0 Å². The van der Waals surface area contributed by atoms with Crippen molar-refractivity contribution in [1.82, 2.24) is 0 Å². The second-order valence-corrected chi connectivity index (χ2v) is 12.7. The van der Waals surface area contributed by atoms with Crippen LogP contribution in [0.4, 0.5) is 0 Å². The van der Waals surface area contributed by atoms with Gasteiger partial charge in [-0.15, -0.1) is 0 Å². The minimum atomic E-state index is 0.488. The van der Waals surface area contributed by atoms with E-state index in [9.17, 15) is 0 Å². The van der Waals surface area contributed by atoms with Crippen LogP contribution in [0.3, 0.4) is 0 Å². The number of furan rings is 1. The molecule has 228 valence electrons. The van der Waals surface area contributed by atoms with Crippen molar-refractivity contribution in [2.75, 3.05) is 0 Å². The maximum atomic E-state index is 8.17. The van der Waals surface area contributed by atoms with Gasteiger partial charge in [-0.2, -0.15) is 0 Å². The molecule has 0 unspecified atom stereocenters. The molecule has 1 heterocycles. The van der Waals surface area contributed by atoms with E-state index in [4.69, 9.17) is 7.16 Å². The van der Waals surface area contributed by atoms with Gasteiger partial charge in [-0.3, -0.25) is 0 Å². The number of benzene rings is 9. The molecule has 9 aromatic carbocycles. The lowest BCUT2D eigenvalue weighted by molar-refractivity contribution is 0.669. The molecule has 0 atom stereocenters. The van der Waals surface area contributed by atoms with E-state index in [1.165, 1.54) is 38.1 Å². The molecule has 0 aliphatic heterocycles. The van der Waals surface area contributed by atoms with E-state index < -0.39 is 0 Å². The Labute approximate surface area is 287 Å². The molecule has 0 radical (unpaired) electrons. The van der Waals surface area contributed by atoms with E-state index in [2.05, 4.69) is 121 Å². The second-order valence-electron chi connectivity index (χ2n) is 12.7. The Morgan fingerprint density at radius 3 is 1.57 bits per heavy atom. The van der Waals surface area contributed by atoms with Gasteiger partial charge in [0.25, 0.3) is 0 Å². The first-order valence-corrected chi connectivity index (χ1v) is 16.7. The van der Waals surface area contributed by atoms with E-state index in [-0.39, 0.29) is 0 Å². The highest BCUT2D eigenvalue weighted by molar-refractivity contribution is 6.26. The van der Waals surface area contributed by atoms with Gasteiger partial charge in [0, 0.05) is 10.8 Å². The minimum Gasteiger partial charge on any atom is -0.456 e. The normalized spacial score (nSPS) is 12.2. The summed E-state index contributed by atoms with van der Waals surface area (Å²) in [5, 5.41) is 9.26. The van der Waals surface area contributed by atoms with Gasteiger partial charge in [-0.25, -0.2) is 0 Å². The Morgan fingerprint density at radius 1 is 0.347 bits per heavy atom. The zero-order valence-electron chi connectivity index (χ0n) is 28.6. The first kappa shape index (κ1) is 25.6. The molecular formula is C48H30O. The molecule has 0 amide bonds. The molecular weight excluding hydrogens is 593 g/mol. The van der Waals surface area contributed by atoms with Gasteiger partial charge in [0.1, 0.15) is 11.2 Å². The molecule has 0 saturated carbocycles. The molecule has 49 heavy (non-hydrogen) atoms. The zero-order valence-corrected chi connectivity index (χ0v) is 26.6. The fraction of sp³-hybridized carbons (Fsp3) is 0. The van der Waals surface area contributed by atoms with Crippen molar-refractivity contribution in [3.8, 4) is 44.5 Å². The lowest BCUT2D eigenvalue weighted by atomic mass is 9.82. The number of fused-ring (bicyclic) bond motifs is 6. The average Bonchev–Trinajstić information content (AvgIpc) is 3.54. The van der Waals surface area contributed by atoms with Crippen molar-refractivity contribution in [2.24, 2.45) is 0 Å². The van der Waals surface area contributed by atoms with E-state index in [1.54, 1.807) is 0 Å². The summed E-state index contributed by atoms with van der Waals surface area (Å²) in [5.41, 5.74) is 10.7. The maximum absolute atomic E-state index is 8.17. The van der Waals surface area contributed by atoms with Crippen molar-refractivity contribution >= 4 is 54.3 Å². The molecule has 1 nitrogen and oxygen atoms in total. The molecule has 1 aromatic heterocycles. The van der Waals surface area contributed by atoms with Crippen molar-refractivity contribution < 1.29 is 7.16 Å². The Morgan fingerprint density at radius 2 is 0.918 bits per heavy atom. The number of hydrogen-bond acceptors (Lipinski definition) is 1. The Hall–Kier alpha value is -6.44. The average molecular weight is 625 g/mol. The standard InChI is InChI=1S/C48H30O/c1-3-14-31(15-4-1)35-26-27-36(32-16-5-2-6-17-32)42(28-35)47-39-22-11-9-20-37(39)46(38-21-10-12-23-40(38)47)41-24-13-25-44-48(41)43-29-33-18-7-8-19-34(33)30-45(43)49-44/h1-30H/i1D,2D. The van der Waals surface area contributed by atoms with Gasteiger partial charge in [-0.05, 0) is 101 Å². The van der Waals surface area contributed by atoms with Crippen molar-refractivity contribution in [3.63, 3.8) is 0 Å². The van der Waals surface area contributed by atoms with Crippen LogP contribution in [0.25, 0.3) is 98.8 Å². The Kier molecular flexibility index (Phi) is 5.79. The van der Waals surface area contributed by atoms with Crippen molar-refractivity contribution in [2.45, 2.75) is 0 Å². The molecule has 0 bridgehead atoms. The van der Waals surface area contributed by atoms with Crippen LogP contribution in [0.1, 0.15) is 2.74 Å². The largest absolute Gasteiger partial charge is 0.456 e. The third-order valence-electron chi connectivity index (χ3n) is 9.93. The molecule has 0 saturated heterocycles. The number of rotatable bonds is 4. The summed E-state index contributed by atoms with van der Waals surface area (Å²) >= 11 is 0. The van der Waals surface area contributed by atoms with Gasteiger partial charge in [0.05, 0.1) is 2.74 Å². The summed E-state index contributed by atoms with van der Waals surface area (Å²) in [6, 6.07) is 60.1. The SMILES string of the molecule is [2H]c1ccc(-c2ccc(-c3ccc([2H])cc3)c(-c3c4ccccc4c(-c4cccc5oc6cc7ccccc7cc6c45)c4ccccc34)c2)cc1. The van der Waals surface area contributed by atoms with Crippen LogP contribution in [0.5, 0.6) is 0 Å². The van der Waals surface area contributed by atoms with Gasteiger partial charge in [-0.1, -0.05) is 158 Å². The van der Waals surface area contributed by atoms with Gasteiger partial charge in [0.15, 0.2) is 0 Å². The molecule has 1 heteroatoms. The third kappa shape index (κ3) is 4.40. The molecule has 10 rings (SSSR count). The smallest absolute Gasteiger partial charge is 0.136 e. The highest BCUT2D eigenvalue weighted by Gasteiger charge is 2.22. The zero-order chi connectivity index (χ0) is 34.1. The monoisotopic (exact) mass is 624 g/mol. The van der Waals surface area contributed by atoms with Crippen LogP contribution in [0.15, 0.2) is 186 Å². The fourth-order valence-corrected chi connectivity index (χ4v) is 7.76. The Balaban J connectivity index is 1.32. The van der Waals surface area contributed by atoms with Crippen LogP contribution in [0, 0.1) is 0 Å². The highest BCUT2D eigenvalue weighted by Crippen LogP contribution is 2.49. The highest BCUT2D eigenvalue weighted by atomic mass is 16.3. The first-order chi connectivity index (χ1) is 25.1. The summed E-state index contributed by atoms with van der Waals surface area (Å²) in [6.45, 7) is 0. The van der Waals surface area contributed by atoms with Crippen LogP contribution >= 0.6 is 0 Å². The van der Waals surface area contributed by atoms with E-state index in [0.29, 0.717) is 12.1 Å². The summed E-state index contributed by atoms with van der Waals surface area (Å²) in [4.78, 5) is 0. The first-order valence-electron chi connectivity index (χ1n) is 17.7. The summed E-state index contributed by atoms with van der Waals surface area (Å²) < 4.78 is 22.8. The van der Waals surface area contributed by atoms with E-state index in [1.807, 2.05) is 48.5 Å². The number of hydrogen-bond donors (Lipinski definition) is 0. The predicted molar refractivity (Wildman–Crippen MR) is 208 cm³/mol. The van der Waals surface area contributed by atoms with Crippen LogP contribution in [0.2, 0.25) is 0 Å². The molecule has 0 aliphatic rings. The lowest BCUT2D eigenvalue weighted by Crippen LogP contribution is -1.94. The summed E-state index contributed by atoms with van der Waals surface area (Å²) in [7, 11) is 0. The second kappa shape index (κ2) is 11.1. The maximum Gasteiger partial charge on any atom is 0.136 e. The van der Waals surface area contributed by atoms with E-state index >= 15 is 0 Å². The molecule has 0 N–H and O–H groups in total. The molecule has 0 aliphatic carbocycles. The molecule has 0 fully saturated rings. The Bertz CT molecular complexity index is 2910. The van der Waals surface area contributed by atoms with Gasteiger partial charge in [0.2, 0.25) is 0 Å². The lowest BCUT2D eigenvalue weighted by Gasteiger charge is -2.21. The molecule has 0 spiro atoms. The van der Waals surface area contributed by atoms with Crippen molar-refractivity contribution in [1.29, 1.82) is 0 Å².